The van der Waals surface area contributed by atoms with E-state index >= 15 is 0 Å². The Hall–Kier alpha value is -2.42. The van der Waals surface area contributed by atoms with E-state index in [4.69, 9.17) is 11.6 Å². The van der Waals surface area contributed by atoms with E-state index in [2.05, 4.69) is 28.6 Å². The minimum absolute atomic E-state index is 0.144. The topological polar surface area (TPSA) is 93.1 Å². The maximum Gasteiger partial charge on any atom is 0.248 e. The number of hydrogen-bond acceptors (Lipinski definition) is 4. The van der Waals surface area contributed by atoms with Gasteiger partial charge in [0, 0.05) is 30.4 Å². The summed E-state index contributed by atoms with van der Waals surface area (Å²) < 4.78 is 28.0. The van der Waals surface area contributed by atoms with Gasteiger partial charge in [0.15, 0.2) is 0 Å². The van der Waals surface area contributed by atoms with Gasteiger partial charge in [-0.25, -0.2) is 13.1 Å². The van der Waals surface area contributed by atoms with Gasteiger partial charge in [-0.3, -0.25) is 9.48 Å². The van der Waals surface area contributed by atoms with Gasteiger partial charge in [-0.2, -0.15) is 5.10 Å². The number of aromatic nitrogens is 2. The highest BCUT2D eigenvalue weighted by Gasteiger charge is 2.12. The van der Waals surface area contributed by atoms with Crippen LogP contribution in [-0.4, -0.2) is 30.7 Å². The fourth-order valence-electron chi connectivity index (χ4n) is 2.70. The number of hydrogen-bond donors (Lipinski definition) is 2. The van der Waals surface area contributed by atoms with Gasteiger partial charge >= 0.3 is 0 Å². The van der Waals surface area contributed by atoms with Gasteiger partial charge in [-0.15, -0.1) is 6.58 Å². The van der Waals surface area contributed by atoms with E-state index in [9.17, 15) is 13.2 Å². The van der Waals surface area contributed by atoms with Gasteiger partial charge in [0.05, 0.1) is 11.4 Å². The SMILES string of the molecule is C=CCNS(=O)(=O)Cc1ccc(NC(=O)/C=C/c2c(C)nn(CCCC)c2Cl)cc1. The molecular weight excluding hydrogens is 424 g/mol. The quantitative estimate of drug-likeness (QED) is 0.401. The summed E-state index contributed by atoms with van der Waals surface area (Å²) in [7, 11) is -3.42. The first-order valence-electron chi connectivity index (χ1n) is 9.65. The summed E-state index contributed by atoms with van der Waals surface area (Å²) in [5, 5.41) is 7.67. The summed E-state index contributed by atoms with van der Waals surface area (Å²) >= 11 is 6.37. The van der Waals surface area contributed by atoms with E-state index in [1.807, 2.05) is 6.92 Å². The second-order valence-electron chi connectivity index (χ2n) is 6.78. The molecule has 1 heterocycles. The predicted octanol–water partition coefficient (Wildman–Crippen LogP) is 3.90. The molecule has 1 aromatic carbocycles. The van der Waals surface area contributed by atoms with Crippen molar-refractivity contribution >= 4 is 39.3 Å². The first kappa shape index (κ1) is 23.9. The number of nitrogens with zero attached hydrogens (tertiary/aromatic N) is 2. The van der Waals surface area contributed by atoms with Gasteiger partial charge in [0.2, 0.25) is 15.9 Å². The molecule has 0 aliphatic rings. The average Bonchev–Trinajstić information content (AvgIpc) is 2.97. The van der Waals surface area contributed by atoms with Crippen LogP contribution in [0.5, 0.6) is 0 Å². The Labute approximate surface area is 182 Å². The normalized spacial score (nSPS) is 11.7. The number of carbonyl (C=O) groups is 1. The molecule has 0 spiro atoms. The summed E-state index contributed by atoms with van der Waals surface area (Å²) in [6, 6.07) is 6.63. The van der Waals surface area contributed by atoms with Gasteiger partial charge < -0.3 is 5.32 Å². The Morgan fingerprint density at radius 2 is 2.00 bits per heavy atom. The number of aryl methyl sites for hydroxylation is 2. The molecule has 0 radical (unpaired) electrons. The molecule has 0 aliphatic carbocycles. The average molecular weight is 451 g/mol. The highest BCUT2D eigenvalue weighted by Crippen LogP contribution is 2.22. The Balaban J connectivity index is 1.98. The molecule has 2 N–H and O–H groups in total. The zero-order chi connectivity index (χ0) is 22.1. The Bertz CT molecular complexity index is 1010. The Kier molecular flexibility index (Phi) is 8.83. The fourth-order valence-corrected chi connectivity index (χ4v) is 4.12. The maximum atomic E-state index is 12.2. The third-order valence-electron chi connectivity index (χ3n) is 4.26. The van der Waals surface area contributed by atoms with Gasteiger partial charge in [0.1, 0.15) is 5.15 Å². The van der Waals surface area contributed by atoms with Crippen LogP contribution in [0.1, 0.15) is 36.6 Å². The van der Waals surface area contributed by atoms with Crippen molar-refractivity contribution in [1.29, 1.82) is 0 Å². The van der Waals surface area contributed by atoms with Crippen molar-refractivity contribution in [2.75, 3.05) is 11.9 Å². The lowest BCUT2D eigenvalue weighted by molar-refractivity contribution is -0.111. The third kappa shape index (κ3) is 7.12. The summed E-state index contributed by atoms with van der Waals surface area (Å²) in [6.07, 6.45) is 6.55. The van der Waals surface area contributed by atoms with E-state index in [-0.39, 0.29) is 18.2 Å². The molecule has 0 atom stereocenters. The monoisotopic (exact) mass is 450 g/mol. The molecule has 162 valence electrons. The first-order valence-corrected chi connectivity index (χ1v) is 11.7. The van der Waals surface area contributed by atoms with Crippen LogP contribution in [0.2, 0.25) is 5.15 Å². The molecule has 2 rings (SSSR count). The molecule has 2 aromatic rings. The van der Waals surface area contributed by atoms with Gasteiger partial charge in [-0.1, -0.05) is 43.2 Å². The van der Waals surface area contributed by atoms with Crippen molar-refractivity contribution in [2.45, 2.75) is 39.0 Å². The number of halogens is 1. The lowest BCUT2D eigenvalue weighted by Gasteiger charge is -2.06. The molecule has 1 aromatic heterocycles. The van der Waals surface area contributed by atoms with Crippen LogP contribution >= 0.6 is 11.6 Å². The summed E-state index contributed by atoms with van der Waals surface area (Å²) in [6.45, 7) is 8.35. The molecule has 7 nitrogen and oxygen atoms in total. The van der Waals surface area contributed by atoms with E-state index in [1.54, 1.807) is 35.0 Å². The number of amides is 1. The van der Waals surface area contributed by atoms with Crippen LogP contribution in [0.25, 0.3) is 6.08 Å². The van der Waals surface area contributed by atoms with Crippen LogP contribution in [0.4, 0.5) is 5.69 Å². The number of nitrogens with one attached hydrogen (secondary N) is 2. The Morgan fingerprint density at radius 3 is 2.63 bits per heavy atom. The molecule has 0 bridgehead atoms. The van der Waals surface area contributed by atoms with Crippen LogP contribution in [-0.2, 0) is 27.1 Å². The maximum absolute atomic E-state index is 12.2. The van der Waals surface area contributed by atoms with Crippen molar-refractivity contribution in [3.63, 3.8) is 0 Å². The molecule has 9 heteroatoms. The first-order chi connectivity index (χ1) is 14.3. The van der Waals surface area contributed by atoms with Crippen molar-refractivity contribution in [3.8, 4) is 0 Å². The zero-order valence-corrected chi connectivity index (χ0v) is 18.8. The highest BCUT2D eigenvalue weighted by atomic mass is 35.5. The second-order valence-corrected chi connectivity index (χ2v) is 8.95. The largest absolute Gasteiger partial charge is 0.323 e. The number of anilines is 1. The van der Waals surface area contributed by atoms with Crippen LogP contribution in [0.3, 0.4) is 0 Å². The third-order valence-corrected chi connectivity index (χ3v) is 5.98. The zero-order valence-electron chi connectivity index (χ0n) is 17.2. The predicted molar refractivity (Wildman–Crippen MR) is 122 cm³/mol. The van der Waals surface area contributed by atoms with Crippen LogP contribution in [0.15, 0.2) is 43.0 Å². The van der Waals surface area contributed by atoms with Crippen LogP contribution < -0.4 is 10.0 Å². The van der Waals surface area contributed by atoms with E-state index in [0.29, 0.717) is 16.4 Å². The lowest BCUT2D eigenvalue weighted by atomic mass is 10.2. The fraction of sp³-hybridized carbons (Fsp3) is 0.333. The molecule has 30 heavy (non-hydrogen) atoms. The van der Waals surface area contributed by atoms with Crippen molar-refractivity contribution < 1.29 is 13.2 Å². The number of benzene rings is 1. The highest BCUT2D eigenvalue weighted by molar-refractivity contribution is 7.88. The Morgan fingerprint density at radius 1 is 1.30 bits per heavy atom. The molecule has 1 amide bonds. The summed E-state index contributed by atoms with van der Waals surface area (Å²) in [5.74, 6) is -0.464. The van der Waals surface area contributed by atoms with Crippen molar-refractivity contribution in [2.24, 2.45) is 0 Å². The molecule has 0 saturated heterocycles. The van der Waals surface area contributed by atoms with Crippen molar-refractivity contribution in [1.82, 2.24) is 14.5 Å². The number of sulfonamides is 1. The van der Waals surface area contributed by atoms with E-state index < -0.39 is 10.0 Å². The standard InChI is InChI=1S/C21H27ClN4O3S/c1-4-6-14-26-21(22)19(16(3)25-26)11-12-20(27)24-18-9-7-17(8-10-18)15-30(28,29)23-13-5-2/h5,7-12,23H,2,4,6,13-15H2,1,3H3,(H,24,27)/b12-11+. The molecular formula is C21H27ClN4O3S. The van der Waals surface area contributed by atoms with Gasteiger partial charge in [0.25, 0.3) is 0 Å². The summed E-state index contributed by atoms with van der Waals surface area (Å²) in [4.78, 5) is 12.2. The number of unbranched alkanes of at least 4 members (excludes halogenated alkanes) is 1. The number of rotatable bonds is 11. The minimum Gasteiger partial charge on any atom is -0.323 e. The minimum atomic E-state index is -3.42. The molecule has 0 unspecified atom stereocenters. The van der Waals surface area contributed by atoms with Crippen LogP contribution in [0, 0.1) is 6.92 Å². The molecule has 0 saturated carbocycles. The van der Waals surface area contributed by atoms with Gasteiger partial charge in [-0.05, 0) is 37.1 Å². The molecule has 0 fully saturated rings. The van der Waals surface area contributed by atoms with E-state index in [0.717, 1.165) is 30.6 Å². The van der Waals surface area contributed by atoms with Crippen molar-refractivity contribution in [3.05, 3.63) is 65.0 Å². The smallest absolute Gasteiger partial charge is 0.248 e. The second kappa shape index (κ2) is 11.1. The number of carbonyl (C=O) groups excluding carboxylic acids is 1. The summed E-state index contributed by atoms with van der Waals surface area (Å²) in [5.41, 5.74) is 2.65. The molecule has 0 aliphatic heterocycles. The van der Waals surface area contributed by atoms with E-state index in [1.165, 1.54) is 12.2 Å². The lowest BCUT2D eigenvalue weighted by Crippen LogP contribution is -2.25.